The average Bonchev–Trinajstić information content (AvgIpc) is 3.53. The van der Waals surface area contributed by atoms with Crippen LogP contribution in [0.15, 0.2) is 0 Å². The summed E-state index contributed by atoms with van der Waals surface area (Å²) in [6.45, 7) is 18.6. The van der Waals surface area contributed by atoms with E-state index in [0.29, 0.717) is 32.2 Å². The highest BCUT2D eigenvalue weighted by Crippen LogP contribution is 2.28. The number of carbonyl (C=O) groups excluding carboxylic acids is 6. The number of nitrogens with one attached hydrogen (secondary N) is 1. The van der Waals surface area contributed by atoms with Crippen molar-refractivity contribution in [2.75, 3.05) is 20.6 Å². The van der Waals surface area contributed by atoms with E-state index in [4.69, 9.17) is 9.47 Å². The fourth-order valence-corrected chi connectivity index (χ4v) is 6.95. The molecule has 8 unspecified atom stereocenters. The van der Waals surface area contributed by atoms with Gasteiger partial charge in [-0.05, 0) is 49.9 Å². The highest BCUT2D eigenvalue weighted by Gasteiger charge is 2.46. The Morgan fingerprint density at radius 1 is 0.755 bits per heavy atom. The molecule has 0 aromatic rings. The summed E-state index contributed by atoms with van der Waals surface area (Å²) in [5.41, 5.74) is 0. The van der Waals surface area contributed by atoms with Crippen LogP contribution in [0.3, 0.4) is 0 Å². The Balaban J connectivity index is 2.73. The van der Waals surface area contributed by atoms with E-state index >= 15 is 0 Å². The molecule has 0 bridgehead atoms. The zero-order valence-electron chi connectivity index (χ0n) is 32.1. The third kappa shape index (κ3) is 10.2. The van der Waals surface area contributed by atoms with Crippen LogP contribution in [-0.2, 0) is 38.2 Å². The van der Waals surface area contributed by atoms with E-state index in [2.05, 4.69) is 12.2 Å². The first-order valence-electron chi connectivity index (χ1n) is 18.5. The van der Waals surface area contributed by atoms with E-state index in [9.17, 15) is 28.8 Å². The minimum absolute atomic E-state index is 0.303. The summed E-state index contributed by atoms with van der Waals surface area (Å²) in [6, 6.07) is -3.83. The smallest absolute Gasteiger partial charge is 0.329 e. The van der Waals surface area contributed by atoms with Gasteiger partial charge in [-0.1, -0.05) is 82.1 Å². The van der Waals surface area contributed by atoms with Gasteiger partial charge in [0.05, 0.1) is 5.92 Å². The van der Waals surface area contributed by atoms with Crippen molar-refractivity contribution in [3.8, 4) is 0 Å². The summed E-state index contributed by atoms with van der Waals surface area (Å²) in [5, 5.41) is 2.89. The van der Waals surface area contributed by atoms with Gasteiger partial charge in [0.1, 0.15) is 30.3 Å². The van der Waals surface area contributed by atoms with Crippen molar-refractivity contribution in [3.63, 3.8) is 0 Å². The zero-order chi connectivity index (χ0) is 37.3. The monoisotopic (exact) mass is 692 g/mol. The number of nitrogens with zero attached hydrogens (tertiary/aromatic N) is 3. The molecule has 12 heteroatoms. The highest BCUT2D eigenvalue weighted by molar-refractivity contribution is 5.95. The molecule has 4 amide bonds. The first-order chi connectivity index (χ1) is 22.9. The van der Waals surface area contributed by atoms with Gasteiger partial charge in [0, 0.05) is 26.6 Å². The number of rotatable bonds is 9. The minimum Gasteiger partial charge on any atom is -0.460 e. The molecule has 0 spiro atoms. The Morgan fingerprint density at radius 3 is 1.82 bits per heavy atom. The van der Waals surface area contributed by atoms with Gasteiger partial charge in [-0.25, -0.2) is 9.59 Å². The number of carbonyl (C=O) groups is 6. The first-order valence-corrected chi connectivity index (χ1v) is 18.5. The molecule has 2 rings (SSSR count). The molecule has 2 heterocycles. The molecule has 0 aromatic heterocycles. The van der Waals surface area contributed by atoms with Crippen LogP contribution in [-0.4, -0.2) is 107 Å². The Kier molecular flexibility index (Phi) is 16.0. The first kappa shape index (κ1) is 42.0. The van der Waals surface area contributed by atoms with Crippen molar-refractivity contribution in [3.05, 3.63) is 0 Å². The molecule has 0 radical (unpaired) electrons. The average molecular weight is 693 g/mol. The van der Waals surface area contributed by atoms with Crippen LogP contribution in [0.1, 0.15) is 114 Å². The lowest BCUT2D eigenvalue weighted by atomic mass is 9.94. The molecule has 12 nitrogen and oxygen atoms in total. The summed E-state index contributed by atoms with van der Waals surface area (Å²) < 4.78 is 12.1. The molecular weight excluding hydrogens is 628 g/mol. The van der Waals surface area contributed by atoms with Crippen LogP contribution < -0.4 is 5.32 Å². The van der Waals surface area contributed by atoms with Crippen molar-refractivity contribution >= 4 is 35.6 Å². The Hall–Kier alpha value is -3.18. The molecular formula is C37H64N4O8. The van der Waals surface area contributed by atoms with Gasteiger partial charge >= 0.3 is 11.9 Å². The van der Waals surface area contributed by atoms with Crippen molar-refractivity contribution in [2.24, 2.45) is 29.6 Å². The predicted octanol–water partition coefficient (Wildman–Crippen LogP) is 4.18. The van der Waals surface area contributed by atoms with E-state index in [-0.39, 0.29) is 23.7 Å². The minimum atomic E-state index is -1.18. The lowest BCUT2D eigenvalue weighted by Crippen LogP contribution is -2.58. The highest BCUT2D eigenvalue weighted by atomic mass is 16.6. The molecule has 2 saturated heterocycles. The maximum absolute atomic E-state index is 14.2. The summed E-state index contributed by atoms with van der Waals surface area (Å²) in [7, 11) is 3.06. The lowest BCUT2D eigenvalue weighted by Gasteiger charge is -2.37. The van der Waals surface area contributed by atoms with Crippen molar-refractivity contribution in [1.82, 2.24) is 20.0 Å². The summed E-state index contributed by atoms with van der Waals surface area (Å²) in [6.07, 6.45) is 2.47. The van der Waals surface area contributed by atoms with Crippen LogP contribution in [0.4, 0.5) is 0 Å². The summed E-state index contributed by atoms with van der Waals surface area (Å²) in [4.78, 5) is 88.2. The quantitative estimate of drug-likeness (QED) is 0.280. The molecule has 0 aliphatic carbocycles. The van der Waals surface area contributed by atoms with Gasteiger partial charge in [-0.3, -0.25) is 19.2 Å². The maximum atomic E-state index is 14.2. The van der Waals surface area contributed by atoms with Crippen LogP contribution >= 0.6 is 0 Å². The van der Waals surface area contributed by atoms with Crippen LogP contribution in [0, 0.1) is 29.6 Å². The Morgan fingerprint density at radius 2 is 1.31 bits per heavy atom. The number of ether oxygens (including phenoxy) is 2. The number of cyclic esters (lactones) is 2. The number of hydrogen-bond acceptors (Lipinski definition) is 8. The number of esters is 2. The SMILES string of the molecule is CCCCCC1OC(=O)C(C(C)C)N(C)C(=O)C2CCCN2C(=O)C(C(C)CC)OC(=O)C(C(C)C)N(C)C(=O)C(C(C)C)NC(=O)C1C. The molecule has 2 aliphatic rings. The van der Waals surface area contributed by atoms with E-state index in [1.807, 2.05) is 41.5 Å². The third-order valence-corrected chi connectivity index (χ3v) is 10.3. The number of likely N-dealkylation sites (N-methyl/N-ethyl adjacent to an activating group) is 2. The Labute approximate surface area is 294 Å². The second-order valence-corrected chi connectivity index (χ2v) is 15.2. The second kappa shape index (κ2) is 18.7. The molecule has 8 atom stereocenters. The molecule has 0 aromatic carbocycles. The van der Waals surface area contributed by atoms with E-state index in [0.717, 1.165) is 19.3 Å². The van der Waals surface area contributed by atoms with E-state index < -0.39 is 77.9 Å². The van der Waals surface area contributed by atoms with Crippen LogP contribution in [0.25, 0.3) is 0 Å². The number of hydrogen-bond donors (Lipinski definition) is 1. The molecule has 280 valence electrons. The molecule has 1 N–H and O–H groups in total. The van der Waals surface area contributed by atoms with Gasteiger partial charge < -0.3 is 29.5 Å². The maximum Gasteiger partial charge on any atom is 0.329 e. The third-order valence-electron chi connectivity index (χ3n) is 10.3. The van der Waals surface area contributed by atoms with Crippen molar-refractivity contribution < 1.29 is 38.2 Å². The standard InChI is InChI=1S/C37H64N4O8/c1-13-15-16-19-27-25(10)32(42)38-28(21(3)4)34(44)40(12)30(23(7)8)37(47)49-31(24(9)14-2)35(45)41-20-17-18-26(41)33(43)39(11)29(22(5)6)36(46)48-27/h21-31H,13-20H2,1-12H3,(H,38,42). The fourth-order valence-electron chi connectivity index (χ4n) is 6.95. The van der Waals surface area contributed by atoms with Crippen LogP contribution in [0.5, 0.6) is 0 Å². The van der Waals surface area contributed by atoms with Crippen molar-refractivity contribution in [2.45, 2.75) is 151 Å². The largest absolute Gasteiger partial charge is 0.460 e. The number of unbranched alkanes of at least 4 members (excludes halogenated alkanes) is 2. The van der Waals surface area contributed by atoms with Gasteiger partial charge in [0.15, 0.2) is 6.10 Å². The van der Waals surface area contributed by atoms with E-state index in [1.165, 1.54) is 21.7 Å². The molecule has 2 fully saturated rings. The number of fused-ring (bicyclic) bond motifs is 1. The van der Waals surface area contributed by atoms with E-state index in [1.54, 1.807) is 27.8 Å². The predicted molar refractivity (Wildman–Crippen MR) is 187 cm³/mol. The Bertz CT molecular complexity index is 1170. The zero-order valence-corrected chi connectivity index (χ0v) is 32.1. The molecule has 2 aliphatic heterocycles. The van der Waals surface area contributed by atoms with Gasteiger partial charge in [0.25, 0.3) is 5.91 Å². The van der Waals surface area contributed by atoms with Gasteiger partial charge in [-0.2, -0.15) is 0 Å². The van der Waals surface area contributed by atoms with Crippen LogP contribution in [0.2, 0.25) is 0 Å². The van der Waals surface area contributed by atoms with Crippen molar-refractivity contribution in [1.29, 1.82) is 0 Å². The number of amides is 4. The topological polar surface area (TPSA) is 143 Å². The summed E-state index contributed by atoms with van der Waals surface area (Å²) >= 11 is 0. The molecule has 0 saturated carbocycles. The normalized spacial score (nSPS) is 29.4. The van der Waals surface area contributed by atoms with Gasteiger partial charge in [0.2, 0.25) is 17.7 Å². The lowest BCUT2D eigenvalue weighted by molar-refractivity contribution is -0.172. The van der Waals surface area contributed by atoms with Gasteiger partial charge in [-0.15, -0.1) is 0 Å². The molecule has 49 heavy (non-hydrogen) atoms. The fraction of sp³-hybridized carbons (Fsp3) is 0.838. The summed E-state index contributed by atoms with van der Waals surface area (Å²) in [5.74, 6) is -5.36. The second-order valence-electron chi connectivity index (χ2n) is 15.2.